The SMILES string of the molecule is Cc1cc(/C(O)=C2/C(=O)C(=O)N(Cc3cccs3)C2c2sccc2C)ccc1OC(C)C. The molecule has 5 nitrogen and oxygen atoms in total. The van der Waals surface area contributed by atoms with Crippen molar-refractivity contribution >= 4 is 40.1 Å². The number of rotatable bonds is 6. The number of aryl methyl sites for hydroxylation is 2. The molecule has 7 heteroatoms. The number of hydrogen-bond donors (Lipinski definition) is 1. The van der Waals surface area contributed by atoms with Gasteiger partial charge in [0.2, 0.25) is 0 Å². The van der Waals surface area contributed by atoms with Crippen LogP contribution in [0.5, 0.6) is 5.75 Å². The van der Waals surface area contributed by atoms with Gasteiger partial charge in [0.15, 0.2) is 0 Å². The van der Waals surface area contributed by atoms with Crippen LogP contribution < -0.4 is 4.74 Å². The summed E-state index contributed by atoms with van der Waals surface area (Å²) in [4.78, 5) is 29.6. The molecular weight excluding hydrogens is 442 g/mol. The van der Waals surface area contributed by atoms with E-state index in [2.05, 4.69) is 0 Å². The first kappa shape index (κ1) is 22.3. The smallest absolute Gasteiger partial charge is 0.296 e. The van der Waals surface area contributed by atoms with E-state index in [1.54, 1.807) is 23.1 Å². The zero-order valence-corrected chi connectivity index (χ0v) is 20.0. The monoisotopic (exact) mass is 467 g/mol. The highest BCUT2D eigenvalue weighted by atomic mass is 32.1. The molecule has 166 valence electrons. The van der Waals surface area contributed by atoms with Gasteiger partial charge in [-0.3, -0.25) is 9.59 Å². The van der Waals surface area contributed by atoms with Gasteiger partial charge in [-0.05, 0) is 79.9 Å². The van der Waals surface area contributed by atoms with E-state index < -0.39 is 17.7 Å². The summed E-state index contributed by atoms with van der Waals surface area (Å²) in [6.07, 6.45) is 0.0255. The lowest BCUT2D eigenvalue weighted by molar-refractivity contribution is -0.140. The number of ether oxygens (including phenoxy) is 1. The summed E-state index contributed by atoms with van der Waals surface area (Å²) < 4.78 is 5.79. The standard InChI is InChI=1S/C25H25NO4S2/c1-14(2)30-19-8-7-17(12-16(19)4)22(27)20-21(24-15(3)9-11-32-24)26(25(29)23(20)28)13-18-6-5-10-31-18/h5-12,14,21,27H,13H2,1-4H3/b22-20-. The van der Waals surface area contributed by atoms with E-state index in [0.29, 0.717) is 12.1 Å². The molecule has 3 aromatic rings. The Morgan fingerprint density at radius 1 is 1.09 bits per heavy atom. The Kier molecular flexibility index (Phi) is 6.22. The van der Waals surface area contributed by atoms with E-state index in [-0.39, 0.29) is 17.4 Å². The van der Waals surface area contributed by atoms with Crippen LogP contribution in [0, 0.1) is 13.8 Å². The summed E-state index contributed by atoms with van der Waals surface area (Å²) in [5.74, 6) is -0.680. The highest BCUT2D eigenvalue weighted by molar-refractivity contribution is 7.10. The maximum atomic E-state index is 13.1. The van der Waals surface area contributed by atoms with Gasteiger partial charge in [0.1, 0.15) is 17.6 Å². The Labute approximate surface area is 195 Å². The van der Waals surface area contributed by atoms with Gasteiger partial charge in [-0.2, -0.15) is 0 Å². The number of thiophene rings is 2. The molecule has 0 bridgehead atoms. The van der Waals surface area contributed by atoms with E-state index in [1.165, 1.54) is 22.7 Å². The third-order valence-electron chi connectivity index (χ3n) is 5.41. The van der Waals surface area contributed by atoms with Gasteiger partial charge >= 0.3 is 0 Å². The predicted octanol–water partition coefficient (Wildman–Crippen LogP) is 5.84. The van der Waals surface area contributed by atoms with E-state index >= 15 is 0 Å². The lowest BCUT2D eigenvalue weighted by Gasteiger charge is -2.24. The third kappa shape index (κ3) is 4.10. The first-order valence-electron chi connectivity index (χ1n) is 10.4. The van der Waals surface area contributed by atoms with Gasteiger partial charge in [-0.15, -0.1) is 22.7 Å². The third-order valence-corrected chi connectivity index (χ3v) is 7.34. The van der Waals surface area contributed by atoms with Crippen LogP contribution in [0.1, 0.15) is 46.3 Å². The minimum Gasteiger partial charge on any atom is -0.507 e. The van der Waals surface area contributed by atoms with Crippen LogP contribution in [0.2, 0.25) is 0 Å². The molecule has 32 heavy (non-hydrogen) atoms. The summed E-state index contributed by atoms with van der Waals surface area (Å²) in [5.41, 5.74) is 2.46. The molecule has 0 aliphatic carbocycles. The molecule has 1 aromatic carbocycles. The molecule has 3 heterocycles. The molecule has 4 rings (SSSR count). The van der Waals surface area contributed by atoms with E-state index in [1.807, 2.05) is 56.7 Å². The molecule has 1 atom stereocenters. The van der Waals surface area contributed by atoms with Crippen LogP contribution in [0.25, 0.3) is 5.76 Å². The van der Waals surface area contributed by atoms with Crippen molar-refractivity contribution in [3.63, 3.8) is 0 Å². The van der Waals surface area contributed by atoms with E-state index in [4.69, 9.17) is 4.74 Å². The second-order valence-corrected chi connectivity index (χ2v) is 10.1. The fraction of sp³-hybridized carbons (Fsp3) is 0.280. The normalized spacial score (nSPS) is 18.0. The van der Waals surface area contributed by atoms with Crippen LogP contribution in [0.3, 0.4) is 0 Å². The average Bonchev–Trinajstić information content (AvgIpc) is 3.46. The number of aliphatic hydroxyl groups is 1. The summed E-state index contributed by atoms with van der Waals surface area (Å²) in [6.45, 7) is 8.07. The summed E-state index contributed by atoms with van der Waals surface area (Å²) in [7, 11) is 0. The van der Waals surface area contributed by atoms with Crippen LogP contribution in [0.15, 0.2) is 52.7 Å². The molecule has 1 saturated heterocycles. The average molecular weight is 468 g/mol. The fourth-order valence-corrected chi connectivity index (χ4v) is 5.64. The Balaban J connectivity index is 1.82. The van der Waals surface area contributed by atoms with E-state index in [0.717, 1.165) is 26.6 Å². The van der Waals surface area contributed by atoms with Gasteiger partial charge in [-0.1, -0.05) is 6.07 Å². The Bertz CT molecular complexity index is 1190. The second kappa shape index (κ2) is 8.92. The number of likely N-dealkylation sites (tertiary alicyclic amines) is 1. The molecule has 1 amide bonds. The maximum absolute atomic E-state index is 13.1. The van der Waals surface area contributed by atoms with Gasteiger partial charge in [0.25, 0.3) is 11.7 Å². The first-order chi connectivity index (χ1) is 15.3. The van der Waals surface area contributed by atoms with Crippen LogP contribution in [0.4, 0.5) is 0 Å². The zero-order chi connectivity index (χ0) is 23.0. The highest BCUT2D eigenvalue weighted by Gasteiger charge is 2.47. The molecule has 0 spiro atoms. The van der Waals surface area contributed by atoms with Crippen LogP contribution >= 0.6 is 22.7 Å². The van der Waals surface area contributed by atoms with Crippen molar-refractivity contribution in [2.24, 2.45) is 0 Å². The first-order valence-corrected chi connectivity index (χ1v) is 12.2. The van der Waals surface area contributed by atoms with Crippen molar-refractivity contribution in [3.05, 3.63) is 79.2 Å². The van der Waals surface area contributed by atoms with E-state index in [9.17, 15) is 14.7 Å². The Morgan fingerprint density at radius 3 is 2.47 bits per heavy atom. The molecule has 1 aliphatic rings. The van der Waals surface area contributed by atoms with Gasteiger partial charge in [0.05, 0.1) is 18.2 Å². The summed E-state index contributed by atoms with van der Waals surface area (Å²) in [5, 5.41) is 15.1. The minimum absolute atomic E-state index is 0.0255. The zero-order valence-electron chi connectivity index (χ0n) is 18.4. The number of Topliss-reactive ketones (excluding diaryl/α,β-unsaturated/α-hetero) is 1. The fourth-order valence-electron chi connectivity index (χ4n) is 3.89. The van der Waals surface area contributed by atoms with Crippen molar-refractivity contribution in [2.75, 3.05) is 0 Å². The van der Waals surface area contributed by atoms with Crippen molar-refractivity contribution in [2.45, 2.75) is 46.4 Å². The number of benzene rings is 1. The number of aliphatic hydroxyl groups excluding tert-OH is 1. The molecule has 1 N–H and O–H groups in total. The van der Waals surface area contributed by atoms with Crippen molar-refractivity contribution in [3.8, 4) is 5.75 Å². The Hall–Kier alpha value is -2.90. The van der Waals surface area contributed by atoms with Gasteiger partial charge in [-0.25, -0.2) is 0 Å². The number of hydrogen-bond acceptors (Lipinski definition) is 6. The van der Waals surface area contributed by atoms with Crippen molar-refractivity contribution in [1.82, 2.24) is 4.90 Å². The molecule has 0 saturated carbocycles. The number of carbonyl (C=O) groups is 2. The molecule has 1 aliphatic heterocycles. The topological polar surface area (TPSA) is 66.8 Å². The van der Waals surface area contributed by atoms with Crippen molar-refractivity contribution in [1.29, 1.82) is 0 Å². The minimum atomic E-state index is -0.656. The van der Waals surface area contributed by atoms with Crippen LogP contribution in [-0.4, -0.2) is 27.8 Å². The second-order valence-electron chi connectivity index (χ2n) is 8.12. The van der Waals surface area contributed by atoms with Gasteiger partial charge in [0, 0.05) is 15.3 Å². The van der Waals surface area contributed by atoms with Crippen LogP contribution in [-0.2, 0) is 16.1 Å². The molecular formula is C25H25NO4S2. The lowest BCUT2D eigenvalue weighted by Crippen LogP contribution is -2.28. The number of nitrogens with zero attached hydrogens (tertiary/aromatic N) is 1. The van der Waals surface area contributed by atoms with Crippen molar-refractivity contribution < 1.29 is 19.4 Å². The van der Waals surface area contributed by atoms with Gasteiger partial charge < -0.3 is 14.7 Å². The number of amides is 1. The lowest BCUT2D eigenvalue weighted by atomic mass is 9.97. The number of ketones is 1. The molecule has 1 fully saturated rings. The summed E-state index contributed by atoms with van der Waals surface area (Å²) in [6, 6.07) is 10.5. The predicted molar refractivity (Wildman–Crippen MR) is 128 cm³/mol. The highest BCUT2D eigenvalue weighted by Crippen LogP contribution is 2.43. The quantitative estimate of drug-likeness (QED) is 0.281. The molecule has 0 radical (unpaired) electrons. The summed E-state index contributed by atoms with van der Waals surface area (Å²) >= 11 is 3.02. The molecule has 1 unspecified atom stereocenters. The molecule has 2 aromatic heterocycles. The largest absolute Gasteiger partial charge is 0.507 e. The number of carbonyl (C=O) groups excluding carboxylic acids is 2. The Morgan fingerprint density at radius 2 is 1.88 bits per heavy atom. The maximum Gasteiger partial charge on any atom is 0.296 e.